The summed E-state index contributed by atoms with van der Waals surface area (Å²) in [5, 5.41) is 20.5. The third kappa shape index (κ3) is 6.88. The number of aliphatic carboxylic acids is 1. The lowest BCUT2D eigenvalue weighted by molar-refractivity contribution is -0.137. The fourth-order valence-electron chi connectivity index (χ4n) is 1.84. The summed E-state index contributed by atoms with van der Waals surface area (Å²) in [6.45, 7) is -0.270. The number of amides is 2. The Labute approximate surface area is 138 Å². The standard InChI is InChI=1S/C15H21N5O4/c16-11(7-9-1-3-10(4-2-9)14(17)18)15(24)20-8-12(21)19-6-5-13(22)23/h1-4,11H,5-8,16H2,(H3,17,18)(H,19,21)(H,20,24)(H,22,23)/t11-/m0/s1. The lowest BCUT2D eigenvalue weighted by Gasteiger charge is -2.12. The molecule has 1 rings (SSSR count). The van der Waals surface area contributed by atoms with Gasteiger partial charge in [-0.05, 0) is 12.0 Å². The molecule has 0 fully saturated rings. The quantitative estimate of drug-likeness (QED) is 0.238. The average Bonchev–Trinajstić information content (AvgIpc) is 2.52. The van der Waals surface area contributed by atoms with Crippen LogP contribution in [0.4, 0.5) is 0 Å². The van der Waals surface area contributed by atoms with Crippen molar-refractivity contribution >= 4 is 23.6 Å². The zero-order valence-electron chi connectivity index (χ0n) is 13.0. The number of nitrogen functional groups attached to an aromatic ring is 1. The first-order valence-corrected chi connectivity index (χ1v) is 7.24. The number of carboxylic acids is 1. The Morgan fingerprint density at radius 3 is 2.33 bits per heavy atom. The number of rotatable bonds is 9. The molecule has 0 saturated carbocycles. The molecule has 0 saturated heterocycles. The van der Waals surface area contributed by atoms with E-state index in [9.17, 15) is 14.4 Å². The largest absolute Gasteiger partial charge is 0.481 e. The van der Waals surface area contributed by atoms with Crippen LogP contribution in [0.15, 0.2) is 24.3 Å². The molecule has 24 heavy (non-hydrogen) atoms. The van der Waals surface area contributed by atoms with Crippen molar-refractivity contribution in [3.8, 4) is 0 Å². The zero-order chi connectivity index (χ0) is 18.1. The lowest BCUT2D eigenvalue weighted by atomic mass is 10.0. The van der Waals surface area contributed by atoms with Crippen LogP contribution in [0.5, 0.6) is 0 Å². The Bertz CT molecular complexity index is 615. The predicted octanol–water partition coefficient (Wildman–Crippen LogP) is -1.45. The van der Waals surface area contributed by atoms with E-state index in [1.165, 1.54) is 0 Å². The molecule has 8 N–H and O–H groups in total. The molecule has 2 amide bonds. The van der Waals surface area contributed by atoms with E-state index in [0.717, 1.165) is 5.56 Å². The number of amidine groups is 1. The number of carbonyl (C=O) groups excluding carboxylic acids is 2. The predicted molar refractivity (Wildman–Crippen MR) is 87.4 cm³/mol. The van der Waals surface area contributed by atoms with Gasteiger partial charge in [-0.3, -0.25) is 19.8 Å². The van der Waals surface area contributed by atoms with E-state index in [-0.39, 0.29) is 31.8 Å². The van der Waals surface area contributed by atoms with Gasteiger partial charge in [0.15, 0.2) is 0 Å². The van der Waals surface area contributed by atoms with Crippen LogP contribution in [0, 0.1) is 5.41 Å². The van der Waals surface area contributed by atoms with Gasteiger partial charge < -0.3 is 27.2 Å². The van der Waals surface area contributed by atoms with E-state index in [1.54, 1.807) is 24.3 Å². The molecule has 9 heteroatoms. The Morgan fingerprint density at radius 2 is 1.79 bits per heavy atom. The number of hydrogen-bond donors (Lipinski definition) is 6. The monoisotopic (exact) mass is 335 g/mol. The lowest BCUT2D eigenvalue weighted by Crippen LogP contribution is -2.46. The van der Waals surface area contributed by atoms with E-state index in [0.29, 0.717) is 5.56 Å². The maximum Gasteiger partial charge on any atom is 0.305 e. The number of nitrogens with one attached hydrogen (secondary N) is 3. The molecule has 0 radical (unpaired) electrons. The van der Waals surface area contributed by atoms with Gasteiger partial charge in [0.1, 0.15) is 5.84 Å². The Morgan fingerprint density at radius 1 is 1.17 bits per heavy atom. The molecular formula is C15H21N5O4. The van der Waals surface area contributed by atoms with Gasteiger partial charge in [-0.1, -0.05) is 24.3 Å². The van der Waals surface area contributed by atoms with E-state index in [2.05, 4.69) is 10.6 Å². The highest BCUT2D eigenvalue weighted by molar-refractivity contribution is 5.94. The molecule has 0 aliphatic rings. The van der Waals surface area contributed by atoms with Crippen molar-refractivity contribution in [3.63, 3.8) is 0 Å². The van der Waals surface area contributed by atoms with Crippen molar-refractivity contribution in [2.75, 3.05) is 13.1 Å². The van der Waals surface area contributed by atoms with E-state index >= 15 is 0 Å². The van der Waals surface area contributed by atoms with E-state index in [1.807, 2.05) is 0 Å². The summed E-state index contributed by atoms with van der Waals surface area (Å²) in [4.78, 5) is 33.6. The first kappa shape index (κ1) is 19.1. The van der Waals surface area contributed by atoms with Crippen molar-refractivity contribution in [1.82, 2.24) is 10.6 Å². The second-order valence-corrected chi connectivity index (χ2v) is 5.13. The molecule has 9 nitrogen and oxygen atoms in total. The highest BCUT2D eigenvalue weighted by atomic mass is 16.4. The van der Waals surface area contributed by atoms with Gasteiger partial charge in [-0.25, -0.2) is 0 Å². The van der Waals surface area contributed by atoms with Crippen LogP contribution in [0.2, 0.25) is 0 Å². The Kier molecular flexibility index (Phi) is 7.37. The summed E-state index contributed by atoms with van der Waals surface area (Å²) in [6, 6.07) is 5.95. The fourth-order valence-corrected chi connectivity index (χ4v) is 1.84. The van der Waals surface area contributed by atoms with Crippen molar-refractivity contribution in [2.24, 2.45) is 11.5 Å². The van der Waals surface area contributed by atoms with Crippen LogP contribution in [0.3, 0.4) is 0 Å². The molecule has 0 aromatic heterocycles. The molecule has 1 atom stereocenters. The number of benzene rings is 1. The normalized spacial score (nSPS) is 11.4. The molecule has 0 aliphatic heterocycles. The first-order valence-electron chi connectivity index (χ1n) is 7.24. The Balaban J connectivity index is 2.37. The molecule has 0 spiro atoms. The van der Waals surface area contributed by atoms with Crippen molar-refractivity contribution in [2.45, 2.75) is 18.9 Å². The van der Waals surface area contributed by atoms with Crippen LogP contribution in [-0.2, 0) is 20.8 Å². The molecular weight excluding hydrogens is 314 g/mol. The van der Waals surface area contributed by atoms with Crippen LogP contribution in [0.1, 0.15) is 17.5 Å². The molecule has 0 bridgehead atoms. The van der Waals surface area contributed by atoms with Gasteiger partial charge in [-0.15, -0.1) is 0 Å². The summed E-state index contributed by atoms with van der Waals surface area (Å²) in [5.74, 6) is -2.03. The summed E-state index contributed by atoms with van der Waals surface area (Å²) >= 11 is 0. The van der Waals surface area contributed by atoms with Crippen molar-refractivity contribution < 1.29 is 19.5 Å². The maximum absolute atomic E-state index is 11.8. The molecule has 0 aliphatic carbocycles. The third-order valence-corrected chi connectivity index (χ3v) is 3.14. The molecule has 0 heterocycles. The summed E-state index contributed by atoms with van der Waals surface area (Å²) in [7, 11) is 0. The van der Waals surface area contributed by atoms with Crippen molar-refractivity contribution in [1.29, 1.82) is 5.41 Å². The molecule has 130 valence electrons. The summed E-state index contributed by atoms with van der Waals surface area (Å²) in [6.07, 6.45) is 0.0834. The first-order chi connectivity index (χ1) is 11.3. The highest BCUT2D eigenvalue weighted by Gasteiger charge is 2.15. The van der Waals surface area contributed by atoms with Gasteiger partial charge in [0.05, 0.1) is 19.0 Å². The molecule has 1 aromatic carbocycles. The second kappa shape index (κ2) is 9.26. The highest BCUT2D eigenvalue weighted by Crippen LogP contribution is 2.06. The van der Waals surface area contributed by atoms with Gasteiger partial charge in [0, 0.05) is 12.1 Å². The summed E-state index contributed by atoms with van der Waals surface area (Å²) in [5.41, 5.74) is 12.5. The summed E-state index contributed by atoms with van der Waals surface area (Å²) < 4.78 is 0. The third-order valence-electron chi connectivity index (χ3n) is 3.14. The minimum Gasteiger partial charge on any atom is -0.481 e. The number of hydrogen-bond acceptors (Lipinski definition) is 5. The molecule has 0 unspecified atom stereocenters. The van der Waals surface area contributed by atoms with Gasteiger partial charge in [0.25, 0.3) is 0 Å². The van der Waals surface area contributed by atoms with Crippen molar-refractivity contribution in [3.05, 3.63) is 35.4 Å². The van der Waals surface area contributed by atoms with Crippen LogP contribution in [0.25, 0.3) is 0 Å². The van der Waals surface area contributed by atoms with Crippen LogP contribution < -0.4 is 22.1 Å². The Hall–Kier alpha value is -2.94. The smallest absolute Gasteiger partial charge is 0.305 e. The van der Waals surface area contributed by atoms with Gasteiger partial charge in [-0.2, -0.15) is 0 Å². The fraction of sp³-hybridized carbons (Fsp3) is 0.333. The van der Waals surface area contributed by atoms with Crippen LogP contribution in [-0.4, -0.2) is 47.9 Å². The van der Waals surface area contributed by atoms with Gasteiger partial charge >= 0.3 is 5.97 Å². The maximum atomic E-state index is 11.8. The minimum absolute atomic E-state index is 0.00140. The van der Waals surface area contributed by atoms with E-state index < -0.39 is 23.8 Å². The minimum atomic E-state index is -1.02. The number of nitrogens with two attached hydrogens (primary N) is 2. The van der Waals surface area contributed by atoms with E-state index in [4.69, 9.17) is 22.0 Å². The molecule has 1 aromatic rings. The topological polar surface area (TPSA) is 171 Å². The van der Waals surface area contributed by atoms with Gasteiger partial charge in [0.2, 0.25) is 11.8 Å². The number of carbonyl (C=O) groups is 3. The SMILES string of the molecule is N=C(N)c1ccc(C[C@H](N)C(=O)NCC(=O)NCCC(=O)O)cc1. The van der Waals surface area contributed by atoms with Crippen LogP contribution >= 0.6 is 0 Å². The zero-order valence-corrected chi connectivity index (χ0v) is 13.0. The average molecular weight is 335 g/mol. The second-order valence-electron chi connectivity index (χ2n) is 5.13. The number of carboxylic acid groups (broad SMARTS) is 1.